The second kappa shape index (κ2) is 23.4. The van der Waals surface area contributed by atoms with Crippen molar-refractivity contribution in [3.8, 4) is 0 Å². The van der Waals surface area contributed by atoms with E-state index in [2.05, 4.69) is 41.0 Å². The van der Waals surface area contributed by atoms with Gasteiger partial charge in [0.1, 0.15) is 23.8 Å². The average Bonchev–Trinajstić information content (AvgIpc) is 3.54. The predicted molar refractivity (Wildman–Crippen MR) is 204 cm³/mol. The number of hydrogen-bond donors (Lipinski definition) is 6. The Morgan fingerprint density at radius 1 is 0.878 bits per heavy atom. The number of thiol groups is 2. The first-order valence-corrected chi connectivity index (χ1v) is 21.1. The molecule has 0 bridgehead atoms. The lowest BCUT2D eigenvalue weighted by atomic mass is 10.1. The first kappa shape index (κ1) is 43.1. The van der Waals surface area contributed by atoms with Crippen molar-refractivity contribution < 1.29 is 38.2 Å². The van der Waals surface area contributed by atoms with E-state index >= 15 is 0 Å². The van der Waals surface area contributed by atoms with Crippen molar-refractivity contribution in [2.24, 2.45) is 16.6 Å². The molecule has 0 fully saturated rings. The molecule has 49 heavy (non-hydrogen) atoms. The molecule has 0 radical (unpaired) electrons. The standard InChI is InChI=1S/C29H42N6O8S6/c1-3-42-26(38)21(15-46-48-28(40)18(30)13-44)32-24(36)20-12-23(35(34-20)11-10-17-8-6-5-7-9-17)25(37)33-22(27(39)43-4-2)16-47-49-29(41)19(31)14-45/h5-9,18-19,21-23,44-45H,3-4,10-16,30-31H2,1-2H3,(H,32,36)(H,33,37)/t18-,19-,21?,22?,23?/m0/s1. The number of esters is 2. The molecule has 20 heteroatoms. The predicted octanol–water partition coefficient (Wildman–Crippen LogP) is 1.09. The molecule has 1 aliphatic rings. The van der Waals surface area contributed by atoms with Crippen LogP contribution in [0.2, 0.25) is 0 Å². The molecular formula is C29H42N6O8S6. The van der Waals surface area contributed by atoms with Crippen LogP contribution in [-0.4, -0.2) is 118 Å². The van der Waals surface area contributed by atoms with Crippen LogP contribution in [0.15, 0.2) is 35.4 Å². The van der Waals surface area contributed by atoms with Crippen LogP contribution < -0.4 is 22.1 Å². The Morgan fingerprint density at radius 2 is 1.39 bits per heavy atom. The fraction of sp³-hybridized carbons (Fsp3) is 0.552. The molecule has 0 saturated carbocycles. The van der Waals surface area contributed by atoms with E-state index in [4.69, 9.17) is 20.9 Å². The van der Waals surface area contributed by atoms with Crippen LogP contribution in [0.3, 0.4) is 0 Å². The highest BCUT2D eigenvalue weighted by Gasteiger charge is 2.38. The summed E-state index contributed by atoms with van der Waals surface area (Å²) < 4.78 is 10.3. The number of nitrogens with two attached hydrogens (primary N) is 2. The molecule has 6 N–H and O–H groups in total. The van der Waals surface area contributed by atoms with Crippen LogP contribution in [0.25, 0.3) is 0 Å². The topological polar surface area (TPSA) is 213 Å². The van der Waals surface area contributed by atoms with E-state index in [1.54, 1.807) is 13.8 Å². The number of ether oxygens (including phenoxy) is 2. The van der Waals surface area contributed by atoms with Gasteiger partial charge in [0.05, 0.1) is 25.3 Å². The largest absolute Gasteiger partial charge is 0.464 e. The van der Waals surface area contributed by atoms with Crippen molar-refractivity contribution in [1.29, 1.82) is 0 Å². The quantitative estimate of drug-likeness (QED) is 0.0584. The van der Waals surface area contributed by atoms with E-state index in [0.29, 0.717) is 6.42 Å². The van der Waals surface area contributed by atoms with Gasteiger partial charge in [-0.25, -0.2) is 9.59 Å². The lowest BCUT2D eigenvalue weighted by Gasteiger charge is -2.25. The summed E-state index contributed by atoms with van der Waals surface area (Å²) in [6, 6.07) is 4.69. The van der Waals surface area contributed by atoms with Crippen LogP contribution in [-0.2, 0) is 44.7 Å². The highest BCUT2D eigenvalue weighted by atomic mass is 33.1. The number of hydrazone groups is 1. The zero-order chi connectivity index (χ0) is 36.3. The molecule has 0 aliphatic carbocycles. The zero-order valence-electron chi connectivity index (χ0n) is 27.0. The highest BCUT2D eigenvalue weighted by Crippen LogP contribution is 2.26. The molecule has 2 rings (SSSR count). The van der Waals surface area contributed by atoms with Gasteiger partial charge in [0.25, 0.3) is 5.91 Å². The maximum Gasteiger partial charge on any atom is 0.329 e. The molecule has 1 heterocycles. The Balaban J connectivity index is 2.22. The lowest BCUT2D eigenvalue weighted by Crippen LogP contribution is -2.51. The Hall–Kier alpha value is -2.07. The molecule has 0 saturated heterocycles. The van der Waals surface area contributed by atoms with Crippen LogP contribution in [0.5, 0.6) is 0 Å². The van der Waals surface area contributed by atoms with Gasteiger partial charge in [-0.1, -0.05) is 51.9 Å². The van der Waals surface area contributed by atoms with E-state index in [1.165, 1.54) is 5.01 Å². The van der Waals surface area contributed by atoms with Crippen molar-refractivity contribution in [2.45, 2.75) is 56.9 Å². The van der Waals surface area contributed by atoms with Crippen LogP contribution in [0.4, 0.5) is 0 Å². The van der Waals surface area contributed by atoms with E-state index in [-0.39, 0.29) is 65.1 Å². The van der Waals surface area contributed by atoms with E-state index < -0.39 is 54.0 Å². The maximum absolute atomic E-state index is 13.7. The van der Waals surface area contributed by atoms with Crippen LogP contribution in [0, 0.1) is 0 Å². The van der Waals surface area contributed by atoms with Gasteiger partial charge in [-0.05, 0) is 47.4 Å². The number of rotatable bonds is 21. The second-order valence-electron chi connectivity index (χ2n) is 10.2. The zero-order valence-corrected chi connectivity index (χ0v) is 32.0. The number of benzene rings is 1. The van der Waals surface area contributed by atoms with E-state index in [1.807, 2.05) is 30.3 Å². The smallest absolute Gasteiger partial charge is 0.329 e. The number of carbonyl (C=O) groups is 6. The third-order valence-electron chi connectivity index (χ3n) is 6.55. The summed E-state index contributed by atoms with van der Waals surface area (Å²) >= 11 is 8.04. The summed E-state index contributed by atoms with van der Waals surface area (Å²) in [5, 5.41) is 10.6. The lowest BCUT2D eigenvalue weighted by molar-refractivity contribution is -0.147. The van der Waals surface area contributed by atoms with Crippen molar-refractivity contribution in [3.63, 3.8) is 0 Å². The molecule has 272 valence electrons. The minimum absolute atomic E-state index is 0.00348. The van der Waals surface area contributed by atoms with Gasteiger partial charge in [-0.2, -0.15) is 30.4 Å². The fourth-order valence-electron chi connectivity index (χ4n) is 3.94. The Labute approximate surface area is 312 Å². The summed E-state index contributed by atoms with van der Waals surface area (Å²) in [6.07, 6.45) is 0.359. The molecule has 3 unspecified atom stereocenters. The Morgan fingerprint density at radius 3 is 1.88 bits per heavy atom. The fourth-order valence-corrected chi connectivity index (χ4v) is 8.67. The van der Waals surface area contributed by atoms with Crippen molar-refractivity contribution in [1.82, 2.24) is 15.6 Å². The van der Waals surface area contributed by atoms with Gasteiger partial charge in [-0.15, -0.1) is 0 Å². The monoisotopic (exact) mass is 794 g/mol. The molecule has 1 aromatic rings. The maximum atomic E-state index is 13.7. The minimum Gasteiger partial charge on any atom is -0.464 e. The number of nitrogens with one attached hydrogen (secondary N) is 2. The first-order valence-electron chi connectivity index (χ1n) is 15.2. The Kier molecular flexibility index (Phi) is 20.6. The van der Waals surface area contributed by atoms with E-state index in [0.717, 1.165) is 48.7 Å². The van der Waals surface area contributed by atoms with Gasteiger partial charge in [0.15, 0.2) is 0 Å². The van der Waals surface area contributed by atoms with Crippen molar-refractivity contribution >= 4 is 108 Å². The third kappa shape index (κ3) is 15.0. The third-order valence-corrected chi connectivity index (χ3v) is 12.0. The van der Waals surface area contributed by atoms with Gasteiger partial charge in [0, 0.05) is 36.0 Å². The molecule has 0 aromatic heterocycles. The normalized spacial score (nSPS) is 16.5. The summed E-state index contributed by atoms with van der Waals surface area (Å²) in [7, 11) is 3.77. The second-order valence-corrected chi connectivity index (χ2v) is 15.6. The SMILES string of the molecule is CCOC(=O)C(CSSC(=O)[C@@H](N)CS)NC(=O)C1=NN(CCc2ccccc2)C(C(=O)NC(CSSC(=O)[C@@H](N)CS)C(=O)OCC)C1. The molecule has 2 amide bonds. The molecule has 1 aliphatic heterocycles. The molecule has 14 nitrogen and oxygen atoms in total. The van der Waals surface area contributed by atoms with Crippen LogP contribution >= 0.6 is 68.4 Å². The first-order chi connectivity index (χ1) is 23.4. The van der Waals surface area contributed by atoms with Gasteiger partial charge < -0.3 is 31.6 Å². The summed E-state index contributed by atoms with van der Waals surface area (Å²) in [6.45, 7) is 3.65. The summed E-state index contributed by atoms with van der Waals surface area (Å²) in [5.74, 6) is -2.37. The molecule has 0 spiro atoms. The minimum atomic E-state index is -1.13. The number of amides is 2. The molecular weight excluding hydrogens is 753 g/mol. The van der Waals surface area contributed by atoms with Gasteiger partial charge in [0.2, 0.25) is 16.1 Å². The number of nitrogens with zero attached hydrogens (tertiary/aromatic N) is 2. The average molecular weight is 795 g/mol. The Bertz CT molecular complexity index is 1310. The van der Waals surface area contributed by atoms with Crippen LogP contribution in [0.1, 0.15) is 25.8 Å². The molecule has 1 aromatic carbocycles. The van der Waals surface area contributed by atoms with Gasteiger partial charge in [-0.3, -0.25) is 24.2 Å². The van der Waals surface area contributed by atoms with E-state index in [9.17, 15) is 28.8 Å². The van der Waals surface area contributed by atoms with Gasteiger partial charge >= 0.3 is 11.9 Å². The van der Waals surface area contributed by atoms with Crippen molar-refractivity contribution in [3.05, 3.63) is 35.9 Å². The highest BCUT2D eigenvalue weighted by molar-refractivity contribution is 8.82. The number of hydrogen-bond acceptors (Lipinski definition) is 18. The summed E-state index contributed by atoms with van der Waals surface area (Å²) in [4.78, 5) is 76.9. The molecule has 5 atom stereocenters. The van der Waals surface area contributed by atoms with Crippen molar-refractivity contribution in [2.75, 3.05) is 42.8 Å². The number of carbonyl (C=O) groups excluding carboxylic acids is 6. The summed E-state index contributed by atoms with van der Waals surface area (Å²) in [5.41, 5.74) is 12.4.